The lowest BCUT2D eigenvalue weighted by atomic mass is 10.2. The fraction of sp³-hybridized carbons (Fsp3) is 0.304. The normalized spacial score (nSPS) is 10.7. The maximum atomic E-state index is 12.4. The number of thioether (sulfide) groups is 1. The van der Waals surface area contributed by atoms with Crippen LogP contribution in [0.2, 0.25) is 0 Å². The Morgan fingerprint density at radius 1 is 1.09 bits per heavy atom. The van der Waals surface area contributed by atoms with Crippen LogP contribution >= 0.6 is 11.8 Å². The number of ether oxygens (including phenoxy) is 3. The van der Waals surface area contributed by atoms with Gasteiger partial charge in [0, 0.05) is 12.7 Å². The molecule has 0 saturated heterocycles. The zero-order chi connectivity index (χ0) is 23.8. The quantitative estimate of drug-likeness (QED) is 0.353. The number of aromatic nitrogens is 3. The number of rotatable bonds is 10. The van der Waals surface area contributed by atoms with E-state index in [0.29, 0.717) is 28.0 Å². The Morgan fingerprint density at radius 3 is 2.52 bits per heavy atom. The summed E-state index contributed by atoms with van der Waals surface area (Å²) in [7, 11) is 3.42. The van der Waals surface area contributed by atoms with Gasteiger partial charge in [-0.25, -0.2) is 4.79 Å². The summed E-state index contributed by atoms with van der Waals surface area (Å²) in [6, 6.07) is 13.9. The molecule has 0 radical (unpaired) electrons. The van der Waals surface area contributed by atoms with Gasteiger partial charge in [-0.1, -0.05) is 17.8 Å². The molecule has 10 heteroatoms. The molecule has 0 bridgehead atoms. The Hall–Kier alpha value is -3.53. The number of esters is 1. The minimum absolute atomic E-state index is 0.131. The highest BCUT2D eigenvalue weighted by molar-refractivity contribution is 7.99. The zero-order valence-corrected chi connectivity index (χ0v) is 19.7. The van der Waals surface area contributed by atoms with Gasteiger partial charge in [0.05, 0.1) is 24.5 Å². The molecule has 0 spiro atoms. The molecule has 3 rings (SSSR count). The van der Waals surface area contributed by atoms with Crippen molar-refractivity contribution < 1.29 is 23.8 Å². The van der Waals surface area contributed by atoms with Crippen LogP contribution in [0.3, 0.4) is 0 Å². The second-order valence-electron chi connectivity index (χ2n) is 7.29. The fourth-order valence-electron chi connectivity index (χ4n) is 2.75. The lowest BCUT2D eigenvalue weighted by Gasteiger charge is -2.10. The van der Waals surface area contributed by atoms with Crippen molar-refractivity contribution in [2.24, 2.45) is 7.05 Å². The summed E-state index contributed by atoms with van der Waals surface area (Å²) in [6.07, 6.45) is -0.218. The van der Waals surface area contributed by atoms with Crippen molar-refractivity contribution in [1.82, 2.24) is 14.8 Å². The minimum atomic E-state index is -0.432. The van der Waals surface area contributed by atoms with E-state index in [1.54, 1.807) is 49.8 Å². The Bertz CT molecular complexity index is 1100. The van der Waals surface area contributed by atoms with E-state index in [2.05, 4.69) is 15.5 Å². The Morgan fingerprint density at radius 2 is 1.82 bits per heavy atom. The molecule has 1 N–H and O–H groups in total. The lowest BCUT2D eigenvalue weighted by Crippen LogP contribution is -2.16. The van der Waals surface area contributed by atoms with Crippen molar-refractivity contribution in [1.29, 1.82) is 0 Å². The summed E-state index contributed by atoms with van der Waals surface area (Å²) in [5.74, 6) is 1.54. The van der Waals surface area contributed by atoms with Crippen LogP contribution in [0.15, 0.2) is 53.7 Å². The molecule has 1 amide bonds. The molecular weight excluding hydrogens is 444 g/mol. The zero-order valence-electron chi connectivity index (χ0n) is 18.9. The Kier molecular flexibility index (Phi) is 8.31. The predicted molar refractivity (Wildman–Crippen MR) is 125 cm³/mol. The number of anilines is 1. The van der Waals surface area contributed by atoms with Crippen LogP contribution in [0.5, 0.6) is 11.5 Å². The molecule has 3 aromatic rings. The summed E-state index contributed by atoms with van der Waals surface area (Å²) in [4.78, 5) is 24.4. The van der Waals surface area contributed by atoms with Crippen LogP contribution in [0, 0.1) is 0 Å². The van der Waals surface area contributed by atoms with E-state index in [0.717, 1.165) is 5.75 Å². The second-order valence-corrected chi connectivity index (χ2v) is 8.24. The van der Waals surface area contributed by atoms with Gasteiger partial charge in [-0.3, -0.25) is 4.79 Å². The van der Waals surface area contributed by atoms with Gasteiger partial charge >= 0.3 is 5.97 Å². The second kappa shape index (κ2) is 11.4. The third-order valence-electron chi connectivity index (χ3n) is 4.41. The number of nitrogens with one attached hydrogen (secondary N) is 1. The topological polar surface area (TPSA) is 105 Å². The summed E-state index contributed by atoms with van der Waals surface area (Å²) < 4.78 is 17.8. The van der Waals surface area contributed by atoms with Gasteiger partial charge < -0.3 is 24.1 Å². The van der Waals surface area contributed by atoms with Gasteiger partial charge in [-0.05, 0) is 56.3 Å². The standard InChI is InChI=1S/C23H26N4O5S/c1-15(2)32-22(29)16-6-5-7-17(12-16)24-21(28)14-33-23-26-25-20(27(23)3)13-31-19-10-8-18(30-4)9-11-19/h5-12,15H,13-14H2,1-4H3,(H,24,28). The third kappa shape index (κ3) is 6.98. The van der Waals surface area contributed by atoms with Crippen LogP contribution in [-0.4, -0.2) is 45.6 Å². The maximum Gasteiger partial charge on any atom is 0.338 e. The highest BCUT2D eigenvalue weighted by Gasteiger charge is 2.14. The largest absolute Gasteiger partial charge is 0.497 e. The van der Waals surface area contributed by atoms with Gasteiger partial charge in [0.15, 0.2) is 11.0 Å². The first-order valence-corrected chi connectivity index (χ1v) is 11.2. The van der Waals surface area contributed by atoms with Gasteiger partial charge in [-0.2, -0.15) is 0 Å². The number of benzene rings is 2. The van der Waals surface area contributed by atoms with Crippen molar-refractivity contribution in [3.63, 3.8) is 0 Å². The number of carbonyl (C=O) groups is 2. The Balaban J connectivity index is 1.51. The van der Waals surface area contributed by atoms with E-state index in [-0.39, 0.29) is 24.4 Å². The molecule has 33 heavy (non-hydrogen) atoms. The first kappa shape index (κ1) is 24.1. The Labute approximate surface area is 196 Å². The SMILES string of the molecule is COc1ccc(OCc2nnc(SCC(=O)Nc3cccc(C(=O)OC(C)C)c3)n2C)cc1. The molecule has 2 aromatic carbocycles. The van der Waals surface area contributed by atoms with Gasteiger partial charge in [0.25, 0.3) is 0 Å². The highest BCUT2D eigenvalue weighted by Crippen LogP contribution is 2.20. The first-order chi connectivity index (χ1) is 15.9. The molecule has 0 fully saturated rings. The van der Waals surface area contributed by atoms with Crippen LogP contribution in [-0.2, 0) is 23.2 Å². The molecule has 1 aromatic heterocycles. The number of nitrogens with zero attached hydrogens (tertiary/aromatic N) is 3. The summed E-state index contributed by atoms with van der Waals surface area (Å²) in [5, 5.41) is 11.6. The van der Waals surface area contributed by atoms with E-state index in [4.69, 9.17) is 14.2 Å². The van der Waals surface area contributed by atoms with E-state index in [1.165, 1.54) is 11.8 Å². The maximum absolute atomic E-state index is 12.4. The number of hydrogen-bond acceptors (Lipinski definition) is 8. The molecule has 0 unspecified atom stereocenters. The summed E-state index contributed by atoms with van der Waals surface area (Å²) in [5.41, 5.74) is 0.898. The van der Waals surface area contributed by atoms with Crippen molar-refractivity contribution >= 4 is 29.3 Å². The molecule has 174 valence electrons. The number of amides is 1. The molecule has 1 heterocycles. The van der Waals surface area contributed by atoms with Crippen molar-refractivity contribution in [3.8, 4) is 11.5 Å². The number of hydrogen-bond donors (Lipinski definition) is 1. The average Bonchev–Trinajstić information content (AvgIpc) is 3.15. The molecule has 0 saturated carbocycles. The first-order valence-electron chi connectivity index (χ1n) is 10.2. The van der Waals surface area contributed by atoms with Crippen LogP contribution in [0.4, 0.5) is 5.69 Å². The predicted octanol–water partition coefficient (Wildman–Crippen LogP) is 3.70. The van der Waals surface area contributed by atoms with E-state index < -0.39 is 5.97 Å². The third-order valence-corrected chi connectivity index (χ3v) is 5.43. The molecule has 0 aliphatic heterocycles. The van der Waals surface area contributed by atoms with Gasteiger partial charge in [-0.15, -0.1) is 10.2 Å². The molecule has 0 aliphatic rings. The highest BCUT2D eigenvalue weighted by atomic mass is 32.2. The summed E-state index contributed by atoms with van der Waals surface area (Å²) in [6.45, 7) is 3.80. The molecule has 0 atom stereocenters. The number of methoxy groups -OCH3 is 1. The van der Waals surface area contributed by atoms with E-state index >= 15 is 0 Å². The number of carbonyl (C=O) groups excluding carboxylic acids is 2. The monoisotopic (exact) mass is 470 g/mol. The van der Waals surface area contributed by atoms with Crippen molar-refractivity contribution in [2.75, 3.05) is 18.2 Å². The van der Waals surface area contributed by atoms with Crippen LogP contribution in [0.25, 0.3) is 0 Å². The minimum Gasteiger partial charge on any atom is -0.497 e. The van der Waals surface area contributed by atoms with Crippen LogP contribution < -0.4 is 14.8 Å². The van der Waals surface area contributed by atoms with Gasteiger partial charge in [0.1, 0.15) is 18.1 Å². The van der Waals surface area contributed by atoms with E-state index in [1.807, 2.05) is 31.3 Å². The van der Waals surface area contributed by atoms with Crippen molar-refractivity contribution in [3.05, 3.63) is 59.9 Å². The molecule has 0 aliphatic carbocycles. The van der Waals surface area contributed by atoms with E-state index in [9.17, 15) is 9.59 Å². The van der Waals surface area contributed by atoms with Crippen LogP contribution in [0.1, 0.15) is 30.0 Å². The lowest BCUT2D eigenvalue weighted by molar-refractivity contribution is -0.113. The molecular formula is C23H26N4O5S. The summed E-state index contributed by atoms with van der Waals surface area (Å²) >= 11 is 1.25. The van der Waals surface area contributed by atoms with Gasteiger partial charge in [0.2, 0.25) is 5.91 Å². The fourth-order valence-corrected chi connectivity index (χ4v) is 3.48. The average molecular weight is 471 g/mol. The van der Waals surface area contributed by atoms with Crippen molar-refractivity contribution in [2.45, 2.75) is 31.7 Å². The smallest absolute Gasteiger partial charge is 0.338 e. The molecule has 9 nitrogen and oxygen atoms in total.